The number of hydrogen-bond donors (Lipinski definition) is 3. The molecule has 240 valence electrons. The zero-order valence-corrected chi connectivity index (χ0v) is 24.5. The summed E-state index contributed by atoms with van der Waals surface area (Å²) in [6.07, 6.45) is 1.36. The number of carbonyl (C=O) groups excluding carboxylic acids is 3. The average Bonchev–Trinajstić information content (AvgIpc) is 3.79. The van der Waals surface area contributed by atoms with Crippen LogP contribution in [0, 0.1) is 17.2 Å². The Balaban J connectivity index is 1.44. The van der Waals surface area contributed by atoms with Crippen LogP contribution < -0.4 is 21.1 Å². The number of nitrogens with zero attached hydrogens (tertiary/aromatic N) is 7. The number of fused-ring (bicyclic) bond motifs is 1. The van der Waals surface area contributed by atoms with E-state index >= 15 is 0 Å². The van der Waals surface area contributed by atoms with Crippen molar-refractivity contribution >= 4 is 35.4 Å². The molecule has 0 spiro atoms. The van der Waals surface area contributed by atoms with Crippen LogP contribution in [0.3, 0.4) is 0 Å². The molecular weight excluding hydrogens is 609 g/mol. The van der Waals surface area contributed by atoms with Crippen molar-refractivity contribution < 1.29 is 32.3 Å². The van der Waals surface area contributed by atoms with Crippen LogP contribution in [0.2, 0.25) is 0 Å². The van der Waals surface area contributed by atoms with Crippen LogP contribution in [0.25, 0.3) is 16.9 Å². The van der Waals surface area contributed by atoms with Gasteiger partial charge in [0, 0.05) is 42.8 Å². The van der Waals surface area contributed by atoms with E-state index in [1.165, 1.54) is 35.1 Å². The van der Waals surface area contributed by atoms with Crippen LogP contribution in [-0.2, 0) is 28.7 Å². The number of alkyl halides is 3. The number of amides is 2. The summed E-state index contributed by atoms with van der Waals surface area (Å²) >= 11 is 0. The molecule has 1 unspecified atom stereocenters. The highest BCUT2D eigenvalue weighted by molar-refractivity contribution is 5.99. The number of benzene rings is 1. The molecule has 2 amide bonds. The Hall–Kier alpha value is -5.50. The third kappa shape index (κ3) is 6.33. The van der Waals surface area contributed by atoms with Gasteiger partial charge in [0.05, 0.1) is 35.8 Å². The SMILES string of the molecule is CCc1c(C(=O)NCC(=O)N2CCC(CN)C2)ccc(Nc2nccn3c(-c4cn(CC#N)nc4C(F)(F)F)cnc23)c1OC=O. The minimum atomic E-state index is -4.80. The molecule has 0 saturated carbocycles. The summed E-state index contributed by atoms with van der Waals surface area (Å²) in [5, 5.41) is 18.1. The Labute approximate surface area is 260 Å². The van der Waals surface area contributed by atoms with Gasteiger partial charge in [-0.1, -0.05) is 6.92 Å². The molecule has 4 aromatic rings. The van der Waals surface area contributed by atoms with Gasteiger partial charge in [-0.15, -0.1) is 0 Å². The lowest BCUT2D eigenvalue weighted by Gasteiger charge is -2.19. The normalized spacial score (nSPS) is 14.7. The summed E-state index contributed by atoms with van der Waals surface area (Å²) in [6, 6.07) is 4.74. The summed E-state index contributed by atoms with van der Waals surface area (Å²) in [6.45, 7) is 2.94. The van der Waals surface area contributed by atoms with Crippen LogP contribution in [0.4, 0.5) is 24.7 Å². The van der Waals surface area contributed by atoms with Gasteiger partial charge >= 0.3 is 6.18 Å². The minimum Gasteiger partial charge on any atom is -0.426 e. The number of ether oxygens (including phenoxy) is 1. The first-order chi connectivity index (χ1) is 22.1. The van der Waals surface area contributed by atoms with Gasteiger partial charge in [0.2, 0.25) is 5.91 Å². The van der Waals surface area contributed by atoms with Gasteiger partial charge in [-0.05, 0) is 37.4 Å². The molecule has 1 aliphatic heterocycles. The number of aromatic nitrogens is 5. The fourth-order valence-corrected chi connectivity index (χ4v) is 5.39. The van der Waals surface area contributed by atoms with E-state index in [9.17, 15) is 27.6 Å². The van der Waals surface area contributed by atoms with E-state index in [0.717, 1.165) is 17.3 Å². The first-order valence-corrected chi connectivity index (χ1v) is 14.2. The molecule has 1 aliphatic rings. The second kappa shape index (κ2) is 13.2. The first-order valence-electron chi connectivity index (χ1n) is 14.2. The van der Waals surface area contributed by atoms with Crippen molar-refractivity contribution in [3.63, 3.8) is 0 Å². The Morgan fingerprint density at radius 1 is 1.28 bits per heavy atom. The number of imidazole rings is 1. The second-order valence-corrected chi connectivity index (χ2v) is 10.4. The lowest BCUT2D eigenvalue weighted by Crippen LogP contribution is -2.39. The van der Waals surface area contributed by atoms with Crippen molar-refractivity contribution in [2.75, 3.05) is 31.5 Å². The maximum atomic E-state index is 13.8. The molecule has 0 aliphatic carbocycles. The monoisotopic (exact) mass is 638 g/mol. The van der Waals surface area contributed by atoms with Gasteiger partial charge in [-0.2, -0.15) is 23.5 Å². The van der Waals surface area contributed by atoms with Crippen molar-refractivity contribution in [3.05, 3.63) is 53.7 Å². The van der Waals surface area contributed by atoms with E-state index in [1.54, 1.807) is 17.9 Å². The molecule has 5 rings (SSSR count). The lowest BCUT2D eigenvalue weighted by molar-refractivity contribution is -0.141. The molecule has 3 aromatic heterocycles. The number of nitrogens with one attached hydrogen (secondary N) is 2. The van der Waals surface area contributed by atoms with E-state index in [4.69, 9.17) is 15.7 Å². The quantitative estimate of drug-likeness (QED) is 0.206. The number of anilines is 2. The molecule has 17 heteroatoms. The van der Waals surface area contributed by atoms with E-state index in [-0.39, 0.29) is 77.5 Å². The minimum absolute atomic E-state index is 0.0227. The Bertz CT molecular complexity index is 1830. The van der Waals surface area contributed by atoms with Gasteiger partial charge < -0.3 is 26.0 Å². The maximum absolute atomic E-state index is 13.8. The molecule has 1 saturated heterocycles. The summed E-state index contributed by atoms with van der Waals surface area (Å²) in [5.41, 5.74) is 5.18. The van der Waals surface area contributed by atoms with E-state index in [1.807, 2.05) is 0 Å². The van der Waals surface area contributed by atoms with E-state index in [2.05, 4.69) is 25.7 Å². The highest BCUT2D eigenvalue weighted by Crippen LogP contribution is 2.38. The van der Waals surface area contributed by atoms with Crippen molar-refractivity contribution in [1.29, 1.82) is 5.26 Å². The molecule has 0 bridgehead atoms. The molecule has 1 aromatic carbocycles. The number of likely N-dealkylation sites (tertiary alicyclic amines) is 1. The largest absolute Gasteiger partial charge is 0.435 e. The van der Waals surface area contributed by atoms with Crippen molar-refractivity contribution in [3.8, 4) is 23.1 Å². The van der Waals surface area contributed by atoms with Crippen molar-refractivity contribution in [2.45, 2.75) is 32.5 Å². The predicted molar refractivity (Wildman–Crippen MR) is 157 cm³/mol. The molecule has 1 fully saturated rings. The van der Waals surface area contributed by atoms with Gasteiger partial charge in [0.1, 0.15) is 6.54 Å². The number of halogens is 3. The third-order valence-electron chi connectivity index (χ3n) is 7.62. The zero-order chi connectivity index (χ0) is 33.0. The Kier molecular flexibility index (Phi) is 9.18. The van der Waals surface area contributed by atoms with Gasteiger partial charge in [-0.3, -0.25) is 23.5 Å². The van der Waals surface area contributed by atoms with E-state index in [0.29, 0.717) is 25.2 Å². The molecule has 4 N–H and O–H groups in total. The topological polar surface area (TPSA) is 186 Å². The van der Waals surface area contributed by atoms with Crippen LogP contribution >= 0.6 is 0 Å². The van der Waals surface area contributed by atoms with Crippen molar-refractivity contribution in [1.82, 2.24) is 34.4 Å². The second-order valence-electron chi connectivity index (χ2n) is 10.4. The summed E-state index contributed by atoms with van der Waals surface area (Å²) in [4.78, 5) is 47.5. The van der Waals surface area contributed by atoms with E-state index < -0.39 is 17.8 Å². The highest BCUT2D eigenvalue weighted by Gasteiger charge is 2.38. The highest BCUT2D eigenvalue weighted by atomic mass is 19.4. The third-order valence-corrected chi connectivity index (χ3v) is 7.62. The number of nitriles is 1. The molecule has 1 atom stereocenters. The Morgan fingerprint density at radius 2 is 2.09 bits per heavy atom. The Morgan fingerprint density at radius 3 is 2.76 bits per heavy atom. The fraction of sp³-hybridized carbons (Fsp3) is 0.345. The molecule has 0 radical (unpaired) electrons. The average molecular weight is 639 g/mol. The summed E-state index contributed by atoms with van der Waals surface area (Å²) in [5.74, 6) is -0.419. The van der Waals surface area contributed by atoms with Gasteiger partial charge in [0.15, 0.2) is 22.9 Å². The van der Waals surface area contributed by atoms with Crippen LogP contribution in [0.1, 0.15) is 35.0 Å². The van der Waals surface area contributed by atoms with Gasteiger partial charge in [0.25, 0.3) is 12.4 Å². The number of nitrogens with two attached hydrogens (primary N) is 1. The molecular formula is C29H29F3N10O4. The lowest BCUT2D eigenvalue weighted by atomic mass is 10.0. The first kappa shape index (κ1) is 31.9. The maximum Gasteiger partial charge on any atom is 0.435 e. The smallest absolute Gasteiger partial charge is 0.426 e. The van der Waals surface area contributed by atoms with Crippen LogP contribution in [0.15, 0.2) is 36.9 Å². The number of rotatable bonds is 11. The molecule has 14 nitrogen and oxygen atoms in total. The zero-order valence-electron chi connectivity index (χ0n) is 24.5. The predicted octanol–water partition coefficient (Wildman–Crippen LogP) is 2.51. The summed E-state index contributed by atoms with van der Waals surface area (Å²) < 4.78 is 49.0. The van der Waals surface area contributed by atoms with Crippen molar-refractivity contribution in [2.24, 2.45) is 11.7 Å². The molecule has 4 heterocycles. The fourth-order valence-electron chi connectivity index (χ4n) is 5.39. The van der Waals surface area contributed by atoms with Crippen LogP contribution in [0.5, 0.6) is 5.75 Å². The molecule has 46 heavy (non-hydrogen) atoms. The number of carbonyl (C=O) groups is 3. The number of hydrogen-bond acceptors (Lipinski definition) is 10. The standard InChI is InChI=1S/C29H29F3N10O4/c1-2-18-19(28(45)37-13-23(44)40-8-5-17(11-34)14-40)3-4-21(24(18)46-16-43)38-26-27-36-12-22(42(27)10-7-35-26)20-15-41(9-6-33)39-25(20)29(30,31)32/h3-4,7,10,12,15-17H,2,5,8-9,11,13-14,34H2,1H3,(H,35,38)(H,37,45). The van der Waals surface area contributed by atoms with Gasteiger partial charge in [-0.25, -0.2) is 9.97 Å². The van der Waals surface area contributed by atoms with Crippen LogP contribution in [-0.4, -0.2) is 73.5 Å². The summed E-state index contributed by atoms with van der Waals surface area (Å²) in [7, 11) is 0.